The molecule has 2 N–H and O–H groups in total. The van der Waals surface area contributed by atoms with Crippen molar-refractivity contribution in [3.8, 4) is 0 Å². The number of hydrogen-bond donors (Lipinski definition) is 2. The van der Waals surface area contributed by atoms with Crippen LogP contribution in [0.1, 0.15) is 30.9 Å². The number of amides is 1. The first-order valence-corrected chi connectivity index (χ1v) is 9.94. The SMILES string of the molecule is C[C@H](C[C@@H](CCc1ccccc1)C(=O)O)C(=O)N1c2ccccc2C[C@@H]1OC(=O)O. The number of aryl methyl sites for hydroxylation is 1. The number of carboxylic acids is 1. The van der Waals surface area contributed by atoms with Gasteiger partial charge in [-0.2, -0.15) is 0 Å². The number of para-hydroxylation sites is 1. The number of carboxylic acid groups (broad SMARTS) is 2. The van der Waals surface area contributed by atoms with Gasteiger partial charge in [-0.15, -0.1) is 0 Å². The lowest BCUT2D eigenvalue weighted by Crippen LogP contribution is -2.43. The lowest BCUT2D eigenvalue weighted by molar-refractivity contribution is -0.142. The molecule has 1 aliphatic heterocycles. The lowest BCUT2D eigenvalue weighted by Gasteiger charge is -2.28. The monoisotopic (exact) mass is 411 g/mol. The summed E-state index contributed by atoms with van der Waals surface area (Å²) in [6.45, 7) is 1.68. The zero-order chi connectivity index (χ0) is 21.7. The highest BCUT2D eigenvalue weighted by Gasteiger charge is 2.39. The molecule has 7 heteroatoms. The standard InChI is InChI=1S/C23H25NO6/c1-15(13-18(22(26)27)12-11-16-7-3-2-4-8-16)21(25)24-19-10-6-5-9-17(19)14-20(24)30-23(28)29/h2-10,15,18,20H,11-14H2,1H3,(H,26,27)(H,28,29)/t15-,18-,20+/m1/s1. The minimum Gasteiger partial charge on any atom is -0.481 e. The Morgan fingerprint density at radius 1 is 1.07 bits per heavy atom. The third kappa shape index (κ3) is 4.97. The van der Waals surface area contributed by atoms with E-state index in [2.05, 4.69) is 0 Å². The van der Waals surface area contributed by atoms with E-state index in [1.165, 1.54) is 4.90 Å². The molecule has 3 atom stereocenters. The maximum Gasteiger partial charge on any atom is 0.507 e. The van der Waals surface area contributed by atoms with E-state index in [0.29, 0.717) is 18.5 Å². The van der Waals surface area contributed by atoms with E-state index in [9.17, 15) is 19.5 Å². The molecule has 0 saturated carbocycles. The van der Waals surface area contributed by atoms with Crippen molar-refractivity contribution >= 4 is 23.7 Å². The van der Waals surface area contributed by atoms with Crippen molar-refractivity contribution in [1.29, 1.82) is 0 Å². The second-order valence-corrected chi connectivity index (χ2v) is 7.58. The predicted octanol–water partition coefficient (Wildman–Crippen LogP) is 3.96. The molecule has 7 nitrogen and oxygen atoms in total. The number of nitrogens with zero attached hydrogens (tertiary/aromatic N) is 1. The molecule has 0 aliphatic carbocycles. The zero-order valence-corrected chi connectivity index (χ0v) is 16.7. The van der Waals surface area contributed by atoms with E-state index >= 15 is 0 Å². The molecule has 0 spiro atoms. The summed E-state index contributed by atoms with van der Waals surface area (Å²) in [7, 11) is 0. The van der Waals surface area contributed by atoms with Gasteiger partial charge in [0.1, 0.15) is 0 Å². The molecule has 0 saturated heterocycles. The summed E-state index contributed by atoms with van der Waals surface area (Å²) in [4.78, 5) is 37.4. The number of hydrogen-bond acceptors (Lipinski definition) is 4. The van der Waals surface area contributed by atoms with Gasteiger partial charge < -0.3 is 14.9 Å². The molecular weight excluding hydrogens is 386 g/mol. The van der Waals surface area contributed by atoms with Gasteiger partial charge in [0.2, 0.25) is 5.91 Å². The lowest BCUT2D eigenvalue weighted by atomic mass is 9.90. The molecule has 2 aromatic rings. The summed E-state index contributed by atoms with van der Waals surface area (Å²) in [5, 5.41) is 18.7. The quantitative estimate of drug-likeness (QED) is 0.637. The van der Waals surface area contributed by atoms with E-state index in [-0.39, 0.29) is 18.7 Å². The van der Waals surface area contributed by atoms with Crippen LogP contribution in [0.4, 0.5) is 10.5 Å². The van der Waals surface area contributed by atoms with Crippen LogP contribution in [0, 0.1) is 11.8 Å². The molecule has 0 bridgehead atoms. The number of fused-ring (bicyclic) bond motifs is 1. The predicted molar refractivity (Wildman–Crippen MR) is 110 cm³/mol. The number of ether oxygens (including phenoxy) is 1. The number of aliphatic carboxylic acids is 1. The van der Waals surface area contributed by atoms with Gasteiger partial charge in [-0.3, -0.25) is 14.5 Å². The van der Waals surface area contributed by atoms with Crippen LogP contribution in [0.2, 0.25) is 0 Å². The Morgan fingerprint density at radius 3 is 2.40 bits per heavy atom. The first kappa shape index (κ1) is 21.4. The highest BCUT2D eigenvalue weighted by molar-refractivity contribution is 5.97. The highest BCUT2D eigenvalue weighted by Crippen LogP contribution is 2.35. The topological polar surface area (TPSA) is 104 Å². The molecule has 3 rings (SSSR count). The van der Waals surface area contributed by atoms with Gasteiger partial charge in [-0.1, -0.05) is 55.5 Å². The van der Waals surface area contributed by atoms with Crippen LogP contribution >= 0.6 is 0 Å². The van der Waals surface area contributed by atoms with Gasteiger partial charge in [0, 0.05) is 12.3 Å². The zero-order valence-electron chi connectivity index (χ0n) is 16.7. The van der Waals surface area contributed by atoms with Gasteiger partial charge >= 0.3 is 12.1 Å². The van der Waals surface area contributed by atoms with Gasteiger partial charge in [0.25, 0.3) is 0 Å². The summed E-state index contributed by atoms with van der Waals surface area (Å²) in [5.74, 6) is -2.56. The molecule has 1 amide bonds. The average Bonchev–Trinajstić information content (AvgIpc) is 3.07. The van der Waals surface area contributed by atoms with E-state index in [1.807, 2.05) is 42.5 Å². The van der Waals surface area contributed by atoms with Gasteiger partial charge in [-0.05, 0) is 36.5 Å². The maximum atomic E-state index is 13.2. The third-order valence-corrected chi connectivity index (χ3v) is 5.44. The second-order valence-electron chi connectivity index (χ2n) is 7.58. The fraction of sp³-hybridized carbons (Fsp3) is 0.348. The van der Waals surface area contributed by atoms with Crippen molar-refractivity contribution in [2.75, 3.05) is 4.90 Å². The Balaban J connectivity index is 1.71. The van der Waals surface area contributed by atoms with E-state index in [1.54, 1.807) is 19.1 Å². The van der Waals surface area contributed by atoms with Crippen molar-refractivity contribution in [2.24, 2.45) is 11.8 Å². The normalized spacial score (nSPS) is 17.1. The smallest absolute Gasteiger partial charge is 0.481 e. The van der Waals surface area contributed by atoms with E-state index in [0.717, 1.165) is 11.1 Å². The molecule has 0 unspecified atom stereocenters. The number of carbonyl (C=O) groups excluding carboxylic acids is 1. The Labute approximate surface area is 174 Å². The molecule has 30 heavy (non-hydrogen) atoms. The van der Waals surface area contributed by atoms with Crippen molar-refractivity contribution in [3.63, 3.8) is 0 Å². The number of anilines is 1. The van der Waals surface area contributed by atoms with Crippen LogP contribution in [0.5, 0.6) is 0 Å². The van der Waals surface area contributed by atoms with Crippen LogP contribution in [0.25, 0.3) is 0 Å². The van der Waals surface area contributed by atoms with Gasteiger partial charge in [0.15, 0.2) is 6.23 Å². The van der Waals surface area contributed by atoms with E-state index < -0.39 is 30.2 Å². The first-order chi connectivity index (χ1) is 14.4. The van der Waals surface area contributed by atoms with Crippen molar-refractivity contribution < 1.29 is 29.3 Å². The van der Waals surface area contributed by atoms with Gasteiger partial charge in [-0.25, -0.2) is 4.79 Å². The molecule has 1 aliphatic rings. The minimum atomic E-state index is -1.45. The molecule has 0 aromatic heterocycles. The van der Waals surface area contributed by atoms with Gasteiger partial charge in [0.05, 0.1) is 11.6 Å². The fourth-order valence-electron chi connectivity index (χ4n) is 3.92. The molecule has 1 heterocycles. The largest absolute Gasteiger partial charge is 0.507 e. The van der Waals surface area contributed by atoms with Crippen molar-refractivity contribution in [1.82, 2.24) is 0 Å². The highest BCUT2D eigenvalue weighted by atomic mass is 16.7. The van der Waals surface area contributed by atoms with Crippen LogP contribution in [-0.2, 0) is 27.2 Å². The molecule has 158 valence electrons. The molecule has 0 radical (unpaired) electrons. The number of rotatable bonds is 8. The summed E-state index contributed by atoms with van der Waals surface area (Å²) < 4.78 is 4.94. The second kappa shape index (κ2) is 9.43. The number of benzene rings is 2. The average molecular weight is 411 g/mol. The first-order valence-electron chi connectivity index (χ1n) is 9.94. The van der Waals surface area contributed by atoms with Crippen LogP contribution in [0.15, 0.2) is 54.6 Å². The minimum absolute atomic E-state index is 0.166. The summed E-state index contributed by atoms with van der Waals surface area (Å²) in [6.07, 6.45) is -0.929. The Bertz CT molecular complexity index is 913. The van der Waals surface area contributed by atoms with Crippen LogP contribution in [-0.4, -0.2) is 34.5 Å². The summed E-state index contributed by atoms with van der Waals surface area (Å²) in [5.41, 5.74) is 2.48. The maximum absolute atomic E-state index is 13.2. The molecular formula is C23H25NO6. The Kier molecular flexibility index (Phi) is 6.72. The Hall–Kier alpha value is -3.35. The molecule has 0 fully saturated rings. The van der Waals surface area contributed by atoms with Crippen molar-refractivity contribution in [2.45, 2.75) is 38.8 Å². The van der Waals surface area contributed by atoms with Crippen LogP contribution in [0.3, 0.4) is 0 Å². The number of carbonyl (C=O) groups is 3. The fourth-order valence-corrected chi connectivity index (χ4v) is 3.92. The summed E-state index contributed by atoms with van der Waals surface area (Å²) in [6, 6.07) is 16.8. The van der Waals surface area contributed by atoms with E-state index in [4.69, 9.17) is 9.84 Å². The van der Waals surface area contributed by atoms with Crippen molar-refractivity contribution in [3.05, 3.63) is 65.7 Å². The molecule has 2 aromatic carbocycles. The van der Waals surface area contributed by atoms with Crippen LogP contribution < -0.4 is 4.90 Å². The summed E-state index contributed by atoms with van der Waals surface area (Å²) >= 11 is 0. The third-order valence-electron chi connectivity index (χ3n) is 5.44. The Morgan fingerprint density at radius 2 is 1.73 bits per heavy atom.